The van der Waals surface area contributed by atoms with Crippen LogP contribution >= 0.6 is 38.9 Å². The highest BCUT2D eigenvalue weighted by Crippen LogP contribution is 2.33. The predicted molar refractivity (Wildman–Crippen MR) is 68.5 cm³/mol. The van der Waals surface area contributed by atoms with E-state index in [9.17, 15) is 4.79 Å². The van der Waals surface area contributed by atoms with Gasteiger partial charge in [-0.15, -0.1) is 11.3 Å². The lowest BCUT2D eigenvalue weighted by atomic mass is 10.1. The van der Waals surface area contributed by atoms with Crippen molar-refractivity contribution in [2.24, 2.45) is 0 Å². The molecule has 2 nitrogen and oxygen atoms in total. The minimum absolute atomic E-state index is 0.0387. The summed E-state index contributed by atoms with van der Waals surface area (Å²) in [5.41, 5.74) is 0.618. The van der Waals surface area contributed by atoms with Gasteiger partial charge < -0.3 is 4.42 Å². The Bertz CT molecular complexity index is 510. The van der Waals surface area contributed by atoms with Gasteiger partial charge in [-0.25, -0.2) is 0 Å². The number of carbonyl (C=O) groups excluding carboxylic acids is 1. The van der Waals surface area contributed by atoms with Crippen LogP contribution in [0.5, 0.6) is 0 Å². The molecular formula is C11H8BrClO2S. The van der Waals surface area contributed by atoms with E-state index in [1.165, 1.54) is 17.6 Å². The quantitative estimate of drug-likeness (QED) is 0.777. The fourth-order valence-electron chi connectivity index (χ4n) is 1.41. The molecule has 0 atom stereocenters. The Morgan fingerprint density at radius 2 is 2.38 bits per heavy atom. The van der Waals surface area contributed by atoms with E-state index >= 15 is 0 Å². The van der Waals surface area contributed by atoms with Crippen LogP contribution in [0, 0.1) is 0 Å². The van der Waals surface area contributed by atoms with E-state index in [4.69, 9.17) is 16.0 Å². The van der Waals surface area contributed by atoms with Crippen LogP contribution in [0.25, 0.3) is 0 Å². The largest absolute Gasteiger partial charge is 0.469 e. The maximum absolute atomic E-state index is 12.1. The molecule has 2 heterocycles. The molecule has 0 N–H and O–H groups in total. The van der Waals surface area contributed by atoms with Crippen molar-refractivity contribution in [3.05, 3.63) is 43.4 Å². The maximum atomic E-state index is 12.1. The summed E-state index contributed by atoms with van der Waals surface area (Å²) >= 11 is 10.5. The number of hydrogen-bond donors (Lipinski definition) is 0. The standard InChI is InChI=1S/C11H8BrClO2S/c1-2-8-6(3-4-15-8)10(14)9-5-7(13)11(12)16-9/h3-5H,2H2,1H3. The van der Waals surface area contributed by atoms with Crippen molar-refractivity contribution in [1.82, 2.24) is 0 Å². The Hall–Kier alpha value is -0.580. The summed E-state index contributed by atoms with van der Waals surface area (Å²) in [6, 6.07) is 3.37. The lowest BCUT2D eigenvalue weighted by Gasteiger charge is -1.96. The first-order chi connectivity index (χ1) is 7.63. The lowest BCUT2D eigenvalue weighted by Crippen LogP contribution is -1.99. The van der Waals surface area contributed by atoms with Gasteiger partial charge in [-0.2, -0.15) is 0 Å². The predicted octanol–water partition coefficient (Wildman–Crippen LogP) is 4.55. The summed E-state index contributed by atoms with van der Waals surface area (Å²) in [6.45, 7) is 1.95. The molecule has 2 aromatic rings. The number of aryl methyl sites for hydroxylation is 1. The Morgan fingerprint density at radius 3 is 2.94 bits per heavy atom. The highest BCUT2D eigenvalue weighted by Gasteiger charge is 2.18. The Kier molecular flexibility index (Phi) is 3.52. The molecule has 16 heavy (non-hydrogen) atoms. The van der Waals surface area contributed by atoms with E-state index in [2.05, 4.69) is 15.9 Å². The van der Waals surface area contributed by atoms with Gasteiger partial charge in [0.05, 0.1) is 25.5 Å². The van der Waals surface area contributed by atoms with Gasteiger partial charge in [0.1, 0.15) is 5.76 Å². The minimum Gasteiger partial charge on any atom is -0.469 e. The highest BCUT2D eigenvalue weighted by molar-refractivity contribution is 9.11. The third-order valence-electron chi connectivity index (χ3n) is 2.18. The molecule has 0 saturated carbocycles. The van der Waals surface area contributed by atoms with Crippen molar-refractivity contribution in [3.8, 4) is 0 Å². The third kappa shape index (κ3) is 2.10. The van der Waals surface area contributed by atoms with Crippen LogP contribution in [0.1, 0.15) is 27.9 Å². The molecule has 0 saturated heterocycles. The molecule has 0 aliphatic rings. The fraction of sp³-hybridized carbons (Fsp3) is 0.182. The summed E-state index contributed by atoms with van der Waals surface area (Å²) in [7, 11) is 0. The summed E-state index contributed by atoms with van der Waals surface area (Å²) < 4.78 is 6.01. The molecule has 0 bridgehead atoms. The van der Waals surface area contributed by atoms with E-state index in [0.29, 0.717) is 27.6 Å². The van der Waals surface area contributed by atoms with Gasteiger partial charge in [0.25, 0.3) is 0 Å². The third-order valence-corrected chi connectivity index (χ3v) is 4.65. The summed E-state index contributed by atoms with van der Waals surface area (Å²) in [6.07, 6.45) is 2.24. The van der Waals surface area contributed by atoms with Gasteiger partial charge >= 0.3 is 0 Å². The molecule has 2 rings (SSSR count). The maximum Gasteiger partial charge on any atom is 0.206 e. The minimum atomic E-state index is -0.0387. The molecule has 0 aliphatic carbocycles. The van der Waals surface area contributed by atoms with Crippen LogP contribution in [-0.2, 0) is 6.42 Å². The molecule has 0 fully saturated rings. The van der Waals surface area contributed by atoms with E-state index < -0.39 is 0 Å². The zero-order valence-electron chi connectivity index (χ0n) is 8.42. The lowest BCUT2D eigenvalue weighted by molar-refractivity contribution is 0.104. The van der Waals surface area contributed by atoms with E-state index in [1.54, 1.807) is 12.1 Å². The van der Waals surface area contributed by atoms with Crippen molar-refractivity contribution in [2.75, 3.05) is 0 Å². The average Bonchev–Trinajstić information content (AvgIpc) is 2.85. The molecule has 0 spiro atoms. The van der Waals surface area contributed by atoms with Crippen molar-refractivity contribution < 1.29 is 9.21 Å². The Morgan fingerprint density at radius 1 is 1.62 bits per heavy atom. The molecule has 5 heteroatoms. The first-order valence-electron chi connectivity index (χ1n) is 4.69. The van der Waals surface area contributed by atoms with Crippen LogP contribution in [0.15, 0.2) is 26.6 Å². The molecule has 2 aromatic heterocycles. The topological polar surface area (TPSA) is 30.2 Å². The number of halogens is 2. The van der Waals surface area contributed by atoms with Gasteiger partial charge in [0.2, 0.25) is 5.78 Å². The van der Waals surface area contributed by atoms with E-state index in [0.717, 1.165) is 3.79 Å². The molecule has 0 aliphatic heterocycles. The Balaban J connectivity index is 2.39. The fourth-order valence-corrected chi connectivity index (χ4v) is 3.06. The first kappa shape index (κ1) is 11.9. The smallest absolute Gasteiger partial charge is 0.206 e. The number of thiophene rings is 1. The van der Waals surface area contributed by atoms with Gasteiger partial charge in [0.15, 0.2) is 0 Å². The second kappa shape index (κ2) is 4.73. The van der Waals surface area contributed by atoms with E-state index in [1.807, 2.05) is 6.92 Å². The second-order valence-corrected chi connectivity index (χ2v) is 5.95. The molecule has 0 aromatic carbocycles. The molecule has 0 unspecified atom stereocenters. The van der Waals surface area contributed by atoms with Crippen LogP contribution in [-0.4, -0.2) is 5.78 Å². The highest BCUT2D eigenvalue weighted by atomic mass is 79.9. The van der Waals surface area contributed by atoms with Gasteiger partial charge in [-0.05, 0) is 28.1 Å². The summed E-state index contributed by atoms with van der Waals surface area (Å²) in [5.74, 6) is 0.675. The number of hydrogen-bond acceptors (Lipinski definition) is 3. The SMILES string of the molecule is CCc1occc1C(=O)c1cc(Cl)c(Br)s1. The summed E-state index contributed by atoms with van der Waals surface area (Å²) in [5, 5.41) is 0.565. The zero-order chi connectivity index (χ0) is 11.7. The van der Waals surface area contributed by atoms with Crippen molar-refractivity contribution in [1.29, 1.82) is 0 Å². The number of furan rings is 1. The number of carbonyl (C=O) groups is 1. The zero-order valence-corrected chi connectivity index (χ0v) is 11.6. The second-order valence-electron chi connectivity index (χ2n) is 3.17. The van der Waals surface area contributed by atoms with Crippen LogP contribution in [0.3, 0.4) is 0 Å². The van der Waals surface area contributed by atoms with Crippen molar-refractivity contribution in [3.63, 3.8) is 0 Å². The van der Waals surface area contributed by atoms with Crippen molar-refractivity contribution >= 4 is 44.7 Å². The molecular weight excluding hydrogens is 312 g/mol. The monoisotopic (exact) mass is 318 g/mol. The van der Waals surface area contributed by atoms with Gasteiger partial charge in [-0.1, -0.05) is 18.5 Å². The molecule has 0 amide bonds. The number of ketones is 1. The first-order valence-corrected chi connectivity index (χ1v) is 6.68. The molecule has 0 radical (unpaired) electrons. The number of rotatable bonds is 3. The molecule has 84 valence electrons. The van der Waals surface area contributed by atoms with Crippen LogP contribution < -0.4 is 0 Å². The van der Waals surface area contributed by atoms with Gasteiger partial charge in [0, 0.05) is 6.42 Å². The Labute approximate surface area is 110 Å². The normalized spacial score (nSPS) is 10.7. The van der Waals surface area contributed by atoms with Crippen LogP contribution in [0.4, 0.5) is 0 Å². The average molecular weight is 320 g/mol. The van der Waals surface area contributed by atoms with E-state index in [-0.39, 0.29) is 5.78 Å². The van der Waals surface area contributed by atoms with Crippen molar-refractivity contribution in [2.45, 2.75) is 13.3 Å². The summed E-state index contributed by atoms with van der Waals surface area (Å²) in [4.78, 5) is 12.7. The van der Waals surface area contributed by atoms with Gasteiger partial charge in [-0.3, -0.25) is 4.79 Å². The van der Waals surface area contributed by atoms with Crippen LogP contribution in [0.2, 0.25) is 5.02 Å².